The number of benzene rings is 1. The highest BCUT2D eigenvalue weighted by atomic mass is 19.1. The first-order valence-electron chi connectivity index (χ1n) is 6.62. The minimum atomic E-state index is -0.642. The molecule has 3 aromatic rings. The van der Waals surface area contributed by atoms with Crippen LogP contribution in [0.4, 0.5) is 4.39 Å². The second kappa shape index (κ2) is 5.80. The molecule has 2 heterocycles. The van der Waals surface area contributed by atoms with Crippen molar-refractivity contribution >= 4 is 11.6 Å². The molecule has 22 heavy (non-hydrogen) atoms. The summed E-state index contributed by atoms with van der Waals surface area (Å²) >= 11 is 0. The molecule has 0 saturated heterocycles. The number of halogens is 1. The monoisotopic (exact) mass is 301 g/mol. The molecule has 0 aliphatic rings. The number of fused-ring (bicyclic) bond motifs is 1. The number of pyridine rings is 1. The van der Waals surface area contributed by atoms with Crippen LogP contribution in [0.25, 0.3) is 5.65 Å². The van der Waals surface area contributed by atoms with Crippen molar-refractivity contribution in [2.45, 2.75) is 6.54 Å². The lowest BCUT2D eigenvalue weighted by molar-refractivity contribution is 0.0486. The van der Waals surface area contributed by atoms with E-state index in [-0.39, 0.29) is 24.4 Å². The number of esters is 1. The van der Waals surface area contributed by atoms with Crippen LogP contribution in [0.2, 0.25) is 0 Å². The van der Waals surface area contributed by atoms with Crippen molar-refractivity contribution in [1.82, 2.24) is 14.2 Å². The molecule has 112 valence electrons. The average Bonchev–Trinajstić information content (AvgIpc) is 2.84. The molecule has 3 rings (SSSR count). The van der Waals surface area contributed by atoms with Gasteiger partial charge in [0, 0.05) is 6.20 Å². The van der Waals surface area contributed by atoms with Gasteiger partial charge in [-0.1, -0.05) is 12.1 Å². The normalized spacial score (nSPS) is 10.8. The predicted molar refractivity (Wildman–Crippen MR) is 76.1 cm³/mol. The standard InChI is InChI=1S/C15H12FN3O3/c16-12-5-3-4-11(10-12)14(20)22-9-8-19-15(21)18-7-2-1-6-13(18)17-19/h1-7,10H,8-9H2. The van der Waals surface area contributed by atoms with Gasteiger partial charge in [0.15, 0.2) is 5.65 Å². The summed E-state index contributed by atoms with van der Waals surface area (Å²) < 4.78 is 20.7. The van der Waals surface area contributed by atoms with Gasteiger partial charge in [0.1, 0.15) is 12.4 Å². The largest absolute Gasteiger partial charge is 0.460 e. The number of nitrogens with zero attached hydrogens (tertiary/aromatic N) is 3. The molecule has 0 fully saturated rings. The molecular weight excluding hydrogens is 289 g/mol. The lowest BCUT2D eigenvalue weighted by Crippen LogP contribution is -2.24. The molecule has 6 nitrogen and oxygen atoms in total. The van der Waals surface area contributed by atoms with E-state index in [4.69, 9.17) is 4.74 Å². The third-order valence-electron chi connectivity index (χ3n) is 3.08. The highest BCUT2D eigenvalue weighted by Crippen LogP contribution is 2.05. The minimum absolute atomic E-state index is 0.0286. The maximum absolute atomic E-state index is 13.0. The van der Waals surface area contributed by atoms with Crippen molar-refractivity contribution in [3.8, 4) is 0 Å². The van der Waals surface area contributed by atoms with Crippen LogP contribution < -0.4 is 5.69 Å². The molecule has 0 spiro atoms. The number of carbonyl (C=O) groups is 1. The van der Waals surface area contributed by atoms with Gasteiger partial charge in [-0.25, -0.2) is 18.7 Å². The minimum Gasteiger partial charge on any atom is -0.460 e. The molecule has 0 N–H and O–H groups in total. The van der Waals surface area contributed by atoms with Gasteiger partial charge in [0.05, 0.1) is 12.1 Å². The molecule has 1 aromatic carbocycles. The summed E-state index contributed by atoms with van der Waals surface area (Å²) in [6.45, 7) is 0.0979. The highest BCUT2D eigenvalue weighted by Gasteiger charge is 2.10. The molecule has 0 bridgehead atoms. The number of aromatic nitrogens is 3. The van der Waals surface area contributed by atoms with E-state index in [1.54, 1.807) is 24.4 Å². The third kappa shape index (κ3) is 2.73. The Morgan fingerprint density at radius 2 is 2.09 bits per heavy atom. The fourth-order valence-electron chi connectivity index (χ4n) is 2.04. The Hall–Kier alpha value is -2.96. The Kier molecular flexibility index (Phi) is 3.69. The van der Waals surface area contributed by atoms with Crippen LogP contribution in [0.15, 0.2) is 53.5 Å². The second-order valence-electron chi connectivity index (χ2n) is 4.58. The average molecular weight is 301 g/mol. The van der Waals surface area contributed by atoms with Crippen molar-refractivity contribution < 1.29 is 13.9 Å². The summed E-state index contributed by atoms with van der Waals surface area (Å²) in [6, 6.07) is 10.4. The summed E-state index contributed by atoms with van der Waals surface area (Å²) in [4.78, 5) is 23.7. The van der Waals surface area contributed by atoms with Crippen molar-refractivity contribution in [2.24, 2.45) is 0 Å². The molecule has 2 aromatic heterocycles. The maximum Gasteiger partial charge on any atom is 0.350 e. The van der Waals surface area contributed by atoms with Crippen LogP contribution >= 0.6 is 0 Å². The Bertz CT molecular complexity index is 885. The van der Waals surface area contributed by atoms with E-state index in [1.807, 2.05) is 0 Å². The zero-order chi connectivity index (χ0) is 15.5. The Labute approximate surface area is 124 Å². The highest BCUT2D eigenvalue weighted by molar-refractivity contribution is 5.89. The van der Waals surface area contributed by atoms with Crippen LogP contribution in [0, 0.1) is 5.82 Å². The fraction of sp³-hybridized carbons (Fsp3) is 0.133. The molecule has 0 saturated carbocycles. The number of rotatable bonds is 4. The summed E-state index contributed by atoms with van der Waals surface area (Å²) in [5.41, 5.74) is 0.337. The van der Waals surface area contributed by atoms with Gasteiger partial charge in [-0.15, -0.1) is 5.10 Å². The van der Waals surface area contributed by atoms with Crippen molar-refractivity contribution in [2.75, 3.05) is 6.61 Å². The van der Waals surface area contributed by atoms with Crippen molar-refractivity contribution in [1.29, 1.82) is 0 Å². The maximum atomic E-state index is 13.0. The van der Waals surface area contributed by atoms with Gasteiger partial charge >= 0.3 is 11.7 Å². The molecule has 0 amide bonds. The van der Waals surface area contributed by atoms with Gasteiger partial charge in [-0.2, -0.15) is 0 Å². The molecule has 0 atom stereocenters. The number of carbonyl (C=O) groups excluding carboxylic acids is 1. The van der Waals surface area contributed by atoms with Crippen LogP contribution in [-0.2, 0) is 11.3 Å². The van der Waals surface area contributed by atoms with Crippen LogP contribution in [0.3, 0.4) is 0 Å². The summed E-state index contributed by atoms with van der Waals surface area (Å²) in [5.74, 6) is -1.15. The number of hydrogen-bond acceptors (Lipinski definition) is 4. The molecule has 0 aliphatic carbocycles. The van der Waals surface area contributed by atoms with Gasteiger partial charge < -0.3 is 4.74 Å². The summed E-state index contributed by atoms with van der Waals surface area (Å²) in [6.07, 6.45) is 1.61. The molecular formula is C15H12FN3O3. The zero-order valence-electron chi connectivity index (χ0n) is 11.5. The zero-order valence-corrected chi connectivity index (χ0v) is 11.5. The van der Waals surface area contributed by atoms with Crippen LogP contribution in [-0.4, -0.2) is 26.8 Å². The van der Waals surface area contributed by atoms with E-state index in [1.165, 1.54) is 27.3 Å². The lowest BCUT2D eigenvalue weighted by atomic mass is 10.2. The first kappa shape index (κ1) is 14.0. The first-order valence-corrected chi connectivity index (χ1v) is 6.62. The first-order chi connectivity index (χ1) is 10.6. The topological polar surface area (TPSA) is 65.6 Å². The van der Waals surface area contributed by atoms with Gasteiger partial charge in [-0.05, 0) is 30.3 Å². The quantitative estimate of drug-likeness (QED) is 0.685. The summed E-state index contributed by atoms with van der Waals surface area (Å²) in [5, 5.41) is 4.11. The van der Waals surface area contributed by atoms with Crippen molar-refractivity contribution in [3.63, 3.8) is 0 Å². The van der Waals surface area contributed by atoms with Crippen LogP contribution in [0.1, 0.15) is 10.4 Å². The van der Waals surface area contributed by atoms with E-state index >= 15 is 0 Å². The summed E-state index contributed by atoms with van der Waals surface area (Å²) in [7, 11) is 0. The third-order valence-corrected chi connectivity index (χ3v) is 3.08. The Morgan fingerprint density at radius 1 is 1.23 bits per heavy atom. The van der Waals surface area contributed by atoms with E-state index in [2.05, 4.69) is 5.10 Å². The second-order valence-corrected chi connectivity index (χ2v) is 4.58. The smallest absolute Gasteiger partial charge is 0.350 e. The van der Waals surface area contributed by atoms with Gasteiger partial charge in [-0.3, -0.25) is 4.40 Å². The fourth-order valence-corrected chi connectivity index (χ4v) is 2.04. The predicted octanol–water partition coefficient (Wildman–Crippen LogP) is 1.49. The molecule has 0 radical (unpaired) electrons. The van der Waals surface area contributed by atoms with E-state index in [0.717, 1.165) is 6.07 Å². The molecule has 7 heteroatoms. The van der Waals surface area contributed by atoms with Crippen LogP contribution in [0.5, 0.6) is 0 Å². The molecule has 0 unspecified atom stereocenters. The SMILES string of the molecule is O=C(OCCn1nc2ccccn2c1=O)c1cccc(F)c1. The number of ether oxygens (including phenoxy) is 1. The Morgan fingerprint density at radius 3 is 2.86 bits per heavy atom. The Balaban J connectivity index is 1.66. The van der Waals surface area contributed by atoms with E-state index < -0.39 is 11.8 Å². The van der Waals surface area contributed by atoms with Gasteiger partial charge in [0.25, 0.3) is 0 Å². The van der Waals surface area contributed by atoms with E-state index in [9.17, 15) is 14.0 Å². The number of hydrogen-bond donors (Lipinski definition) is 0. The molecule has 0 aliphatic heterocycles. The lowest BCUT2D eigenvalue weighted by Gasteiger charge is -2.04. The van der Waals surface area contributed by atoms with Crippen molar-refractivity contribution in [3.05, 3.63) is 70.5 Å². The van der Waals surface area contributed by atoms with E-state index in [0.29, 0.717) is 5.65 Å². The van der Waals surface area contributed by atoms with Gasteiger partial charge in [0.2, 0.25) is 0 Å².